The van der Waals surface area contributed by atoms with Gasteiger partial charge in [0.1, 0.15) is 12.7 Å². The zero-order chi connectivity index (χ0) is 22.2. The standard InChI is InChI=1S/C24H33N3O4/c1-18-8-9-19(2)21(14-18)25-24(29)16-27-12-10-26(11-13-27)15-20(28)17-31-23-7-5-4-6-22(23)30-3/h4-9,14,20,28H,10-13,15-17H2,1-3H3,(H,25,29). The number of nitrogens with zero attached hydrogens (tertiary/aromatic N) is 2. The van der Waals surface area contributed by atoms with E-state index in [4.69, 9.17) is 9.47 Å². The van der Waals surface area contributed by atoms with E-state index in [1.165, 1.54) is 0 Å². The van der Waals surface area contributed by atoms with E-state index in [2.05, 4.69) is 15.1 Å². The Hall–Kier alpha value is -2.61. The Kier molecular flexibility index (Phi) is 8.28. The molecule has 3 rings (SSSR count). The van der Waals surface area contributed by atoms with Crippen molar-refractivity contribution < 1.29 is 19.4 Å². The van der Waals surface area contributed by atoms with Crippen LogP contribution >= 0.6 is 0 Å². The highest BCUT2D eigenvalue weighted by Crippen LogP contribution is 2.25. The second kappa shape index (κ2) is 11.1. The van der Waals surface area contributed by atoms with Crippen LogP contribution in [0, 0.1) is 13.8 Å². The summed E-state index contributed by atoms with van der Waals surface area (Å²) in [5.41, 5.74) is 3.07. The first kappa shape index (κ1) is 23.1. The maximum absolute atomic E-state index is 12.4. The van der Waals surface area contributed by atoms with Crippen LogP contribution in [-0.2, 0) is 4.79 Å². The molecule has 2 N–H and O–H groups in total. The molecule has 2 aromatic carbocycles. The molecule has 1 atom stereocenters. The summed E-state index contributed by atoms with van der Waals surface area (Å²) in [5.74, 6) is 1.29. The normalized spacial score (nSPS) is 16.0. The van der Waals surface area contributed by atoms with Crippen LogP contribution in [0.3, 0.4) is 0 Å². The molecular weight excluding hydrogens is 394 g/mol. The number of hydrogen-bond acceptors (Lipinski definition) is 6. The highest BCUT2D eigenvalue weighted by atomic mass is 16.5. The molecule has 1 heterocycles. The Balaban J connectivity index is 1.38. The third-order valence-corrected chi connectivity index (χ3v) is 5.47. The van der Waals surface area contributed by atoms with Gasteiger partial charge in [0.05, 0.1) is 13.7 Å². The smallest absolute Gasteiger partial charge is 0.238 e. The fourth-order valence-corrected chi connectivity index (χ4v) is 3.67. The molecule has 7 nitrogen and oxygen atoms in total. The van der Waals surface area contributed by atoms with Gasteiger partial charge in [0.25, 0.3) is 0 Å². The van der Waals surface area contributed by atoms with Crippen molar-refractivity contribution in [3.8, 4) is 11.5 Å². The van der Waals surface area contributed by atoms with Crippen molar-refractivity contribution in [1.29, 1.82) is 0 Å². The van der Waals surface area contributed by atoms with Gasteiger partial charge in [-0.05, 0) is 43.2 Å². The molecular formula is C24H33N3O4. The number of rotatable bonds is 9. The molecule has 1 aliphatic rings. The van der Waals surface area contributed by atoms with E-state index < -0.39 is 6.10 Å². The van der Waals surface area contributed by atoms with Crippen LogP contribution < -0.4 is 14.8 Å². The van der Waals surface area contributed by atoms with Gasteiger partial charge in [0, 0.05) is 38.4 Å². The average Bonchev–Trinajstić information content (AvgIpc) is 2.76. The lowest BCUT2D eigenvalue weighted by molar-refractivity contribution is -0.117. The number of benzene rings is 2. The summed E-state index contributed by atoms with van der Waals surface area (Å²) in [4.78, 5) is 16.8. The van der Waals surface area contributed by atoms with Crippen molar-refractivity contribution in [1.82, 2.24) is 9.80 Å². The number of amides is 1. The summed E-state index contributed by atoms with van der Waals surface area (Å²) < 4.78 is 11.0. The minimum atomic E-state index is -0.593. The summed E-state index contributed by atoms with van der Waals surface area (Å²) in [6.07, 6.45) is -0.593. The number of carbonyl (C=O) groups excluding carboxylic acids is 1. The molecule has 0 aliphatic carbocycles. The van der Waals surface area contributed by atoms with Crippen molar-refractivity contribution in [2.45, 2.75) is 20.0 Å². The summed E-state index contributed by atoms with van der Waals surface area (Å²) in [5, 5.41) is 13.4. The Morgan fingerprint density at radius 3 is 2.45 bits per heavy atom. The summed E-state index contributed by atoms with van der Waals surface area (Å²) in [6.45, 7) is 8.34. The highest BCUT2D eigenvalue weighted by molar-refractivity contribution is 5.93. The first-order valence-electron chi connectivity index (χ1n) is 10.7. The Morgan fingerprint density at radius 1 is 1.06 bits per heavy atom. The number of nitrogens with one attached hydrogen (secondary N) is 1. The minimum absolute atomic E-state index is 0.00685. The van der Waals surface area contributed by atoms with Crippen molar-refractivity contribution >= 4 is 11.6 Å². The molecule has 0 bridgehead atoms. The van der Waals surface area contributed by atoms with E-state index in [0.29, 0.717) is 24.6 Å². The molecule has 1 fully saturated rings. The fourth-order valence-electron chi connectivity index (χ4n) is 3.67. The third-order valence-electron chi connectivity index (χ3n) is 5.47. The van der Waals surface area contributed by atoms with Crippen LogP contribution in [0.5, 0.6) is 11.5 Å². The van der Waals surface area contributed by atoms with Gasteiger partial charge < -0.3 is 19.9 Å². The summed E-state index contributed by atoms with van der Waals surface area (Å²) >= 11 is 0. The minimum Gasteiger partial charge on any atom is -0.493 e. The number of ether oxygens (including phenoxy) is 2. The van der Waals surface area contributed by atoms with Gasteiger partial charge in [-0.2, -0.15) is 0 Å². The first-order chi connectivity index (χ1) is 14.9. The maximum Gasteiger partial charge on any atom is 0.238 e. The van der Waals surface area contributed by atoms with Crippen LogP contribution in [0.1, 0.15) is 11.1 Å². The molecule has 0 radical (unpaired) electrons. The zero-order valence-electron chi connectivity index (χ0n) is 18.6. The number of piperazine rings is 1. The topological polar surface area (TPSA) is 74.3 Å². The van der Waals surface area contributed by atoms with E-state index >= 15 is 0 Å². The number of para-hydroxylation sites is 2. The van der Waals surface area contributed by atoms with Gasteiger partial charge in [-0.3, -0.25) is 14.6 Å². The van der Waals surface area contributed by atoms with Gasteiger partial charge in [0.2, 0.25) is 5.91 Å². The van der Waals surface area contributed by atoms with Crippen LogP contribution in [0.2, 0.25) is 0 Å². The molecule has 1 aliphatic heterocycles. The molecule has 0 aromatic heterocycles. The lowest BCUT2D eigenvalue weighted by Crippen LogP contribution is -2.50. The number of hydrogen-bond donors (Lipinski definition) is 2. The molecule has 0 spiro atoms. The van der Waals surface area contributed by atoms with E-state index in [1.54, 1.807) is 7.11 Å². The van der Waals surface area contributed by atoms with Crippen molar-refractivity contribution in [2.75, 3.05) is 58.3 Å². The molecule has 7 heteroatoms. The van der Waals surface area contributed by atoms with E-state index in [0.717, 1.165) is 43.0 Å². The summed E-state index contributed by atoms with van der Waals surface area (Å²) in [6, 6.07) is 13.5. The average molecular weight is 428 g/mol. The highest BCUT2D eigenvalue weighted by Gasteiger charge is 2.21. The van der Waals surface area contributed by atoms with Gasteiger partial charge in [0.15, 0.2) is 11.5 Å². The predicted molar refractivity (Wildman–Crippen MR) is 122 cm³/mol. The molecule has 1 saturated heterocycles. The number of aliphatic hydroxyl groups is 1. The number of aryl methyl sites for hydroxylation is 2. The fraction of sp³-hybridized carbons (Fsp3) is 0.458. The zero-order valence-corrected chi connectivity index (χ0v) is 18.6. The van der Waals surface area contributed by atoms with Crippen molar-refractivity contribution in [3.63, 3.8) is 0 Å². The molecule has 2 aromatic rings. The number of aliphatic hydroxyl groups excluding tert-OH is 1. The maximum atomic E-state index is 12.4. The second-order valence-corrected chi connectivity index (χ2v) is 8.06. The lowest BCUT2D eigenvalue weighted by Gasteiger charge is -2.35. The van der Waals surface area contributed by atoms with Crippen molar-refractivity contribution in [3.05, 3.63) is 53.6 Å². The molecule has 1 amide bonds. The van der Waals surface area contributed by atoms with Crippen LogP contribution in [0.25, 0.3) is 0 Å². The largest absolute Gasteiger partial charge is 0.493 e. The Morgan fingerprint density at radius 2 is 1.74 bits per heavy atom. The molecule has 31 heavy (non-hydrogen) atoms. The van der Waals surface area contributed by atoms with Crippen LogP contribution in [0.4, 0.5) is 5.69 Å². The number of methoxy groups -OCH3 is 1. The van der Waals surface area contributed by atoms with E-state index in [-0.39, 0.29) is 12.5 Å². The summed E-state index contributed by atoms with van der Waals surface area (Å²) in [7, 11) is 1.60. The lowest BCUT2D eigenvalue weighted by atomic mass is 10.1. The second-order valence-electron chi connectivity index (χ2n) is 8.06. The quantitative estimate of drug-likeness (QED) is 0.640. The van der Waals surface area contributed by atoms with E-state index in [9.17, 15) is 9.90 Å². The van der Waals surface area contributed by atoms with Crippen LogP contribution in [0.15, 0.2) is 42.5 Å². The molecule has 0 saturated carbocycles. The number of β-amino-alcohol motifs (C(OH)–C–C–N with tert-alkyl or cyclic N) is 1. The Labute approximate surface area is 184 Å². The molecule has 1 unspecified atom stereocenters. The predicted octanol–water partition coefficient (Wildman–Crippen LogP) is 2.31. The van der Waals surface area contributed by atoms with Gasteiger partial charge in [-0.15, -0.1) is 0 Å². The number of carbonyl (C=O) groups is 1. The third kappa shape index (κ3) is 6.95. The van der Waals surface area contributed by atoms with Crippen LogP contribution in [-0.4, -0.2) is 79.9 Å². The van der Waals surface area contributed by atoms with Gasteiger partial charge >= 0.3 is 0 Å². The Bertz CT molecular complexity index is 866. The SMILES string of the molecule is COc1ccccc1OCC(O)CN1CCN(CC(=O)Nc2cc(C)ccc2C)CC1. The van der Waals surface area contributed by atoms with Gasteiger partial charge in [-0.1, -0.05) is 24.3 Å². The van der Waals surface area contributed by atoms with Crippen molar-refractivity contribution in [2.24, 2.45) is 0 Å². The number of anilines is 1. The molecule has 168 valence electrons. The van der Waals surface area contributed by atoms with E-state index in [1.807, 2.05) is 56.3 Å². The van der Waals surface area contributed by atoms with Gasteiger partial charge in [-0.25, -0.2) is 0 Å². The first-order valence-corrected chi connectivity index (χ1v) is 10.7. The monoisotopic (exact) mass is 427 g/mol.